The van der Waals surface area contributed by atoms with E-state index in [1.165, 1.54) is 0 Å². The number of rotatable bonds is 6. The average molecular weight is 404 g/mol. The number of nitrogens with one attached hydrogen (secondary N) is 1. The molecule has 2 heterocycles. The lowest BCUT2D eigenvalue weighted by molar-refractivity contribution is -0.116. The van der Waals surface area contributed by atoms with Crippen molar-refractivity contribution in [3.63, 3.8) is 0 Å². The Hall–Kier alpha value is -3.31. The predicted octanol–water partition coefficient (Wildman–Crippen LogP) is 5.89. The molecule has 2 aromatic heterocycles. The van der Waals surface area contributed by atoms with E-state index in [0.29, 0.717) is 12.3 Å². The molecule has 0 radical (unpaired) electrons. The second kappa shape index (κ2) is 8.37. The molecule has 0 aliphatic rings. The van der Waals surface area contributed by atoms with Gasteiger partial charge in [-0.05, 0) is 35.6 Å². The fourth-order valence-electron chi connectivity index (χ4n) is 3.29. The molecule has 0 bridgehead atoms. The number of fused-ring (bicyclic) bond motifs is 1. The molecule has 29 heavy (non-hydrogen) atoms. The first-order valence-corrected chi connectivity index (χ1v) is 10.2. The molecule has 5 heteroatoms. The van der Waals surface area contributed by atoms with E-state index in [1.54, 1.807) is 30.8 Å². The van der Waals surface area contributed by atoms with Gasteiger partial charge in [0.15, 0.2) is 0 Å². The molecule has 0 spiro atoms. The minimum Gasteiger partial charge on any atom is -0.496 e. The number of thiophene rings is 1. The second-order valence-corrected chi connectivity index (χ2v) is 7.72. The van der Waals surface area contributed by atoms with Gasteiger partial charge in [0, 0.05) is 33.5 Å². The van der Waals surface area contributed by atoms with Gasteiger partial charge >= 0.3 is 0 Å². The van der Waals surface area contributed by atoms with Crippen molar-refractivity contribution in [2.45, 2.75) is 13.5 Å². The fourth-order valence-corrected chi connectivity index (χ4v) is 3.93. The highest BCUT2D eigenvalue weighted by molar-refractivity contribution is 7.09. The van der Waals surface area contributed by atoms with Crippen LogP contribution in [-0.2, 0) is 11.3 Å². The number of carbonyl (C=O) groups excluding carboxylic acids is 1. The standard InChI is InChI=1S/C24H21NO3S/c1-16(11-24(26)25-14-18-9-6-10-29-18)19-12-20-21(17-7-4-3-5-8-17)15-28-23(20)13-22(19)27-2/h3-13,15H,14H2,1-2H3,(H,25,26)/b16-11+. The van der Waals surface area contributed by atoms with Crippen molar-refractivity contribution >= 4 is 33.8 Å². The van der Waals surface area contributed by atoms with Gasteiger partial charge in [0.05, 0.1) is 19.9 Å². The molecule has 1 amide bonds. The number of carbonyl (C=O) groups is 1. The zero-order chi connectivity index (χ0) is 20.2. The van der Waals surface area contributed by atoms with Crippen LogP contribution in [0.15, 0.2) is 76.7 Å². The maximum Gasteiger partial charge on any atom is 0.244 e. The normalized spacial score (nSPS) is 11.6. The van der Waals surface area contributed by atoms with Crippen molar-refractivity contribution in [3.8, 4) is 16.9 Å². The first kappa shape index (κ1) is 19.0. The summed E-state index contributed by atoms with van der Waals surface area (Å²) in [6.45, 7) is 2.44. The van der Waals surface area contributed by atoms with E-state index in [9.17, 15) is 4.79 Å². The maximum absolute atomic E-state index is 12.4. The van der Waals surface area contributed by atoms with Gasteiger partial charge in [-0.1, -0.05) is 36.4 Å². The van der Waals surface area contributed by atoms with E-state index in [-0.39, 0.29) is 5.91 Å². The smallest absolute Gasteiger partial charge is 0.244 e. The van der Waals surface area contributed by atoms with Gasteiger partial charge in [-0.15, -0.1) is 11.3 Å². The third-order valence-corrected chi connectivity index (χ3v) is 5.65. The van der Waals surface area contributed by atoms with Crippen LogP contribution in [0.1, 0.15) is 17.4 Å². The quantitative estimate of drug-likeness (QED) is 0.408. The van der Waals surface area contributed by atoms with E-state index in [0.717, 1.165) is 38.1 Å². The molecule has 146 valence electrons. The Bertz CT molecular complexity index is 1160. The van der Waals surface area contributed by atoms with Crippen LogP contribution >= 0.6 is 11.3 Å². The molecule has 0 saturated heterocycles. The van der Waals surface area contributed by atoms with E-state index in [4.69, 9.17) is 9.15 Å². The topological polar surface area (TPSA) is 51.5 Å². The summed E-state index contributed by atoms with van der Waals surface area (Å²) in [6, 6.07) is 18.0. The van der Waals surface area contributed by atoms with Crippen LogP contribution in [0.2, 0.25) is 0 Å². The Morgan fingerprint density at radius 1 is 1.17 bits per heavy atom. The molecule has 0 atom stereocenters. The van der Waals surface area contributed by atoms with Crippen LogP contribution < -0.4 is 10.1 Å². The van der Waals surface area contributed by atoms with Gasteiger partial charge in [-0.2, -0.15) is 0 Å². The zero-order valence-corrected chi connectivity index (χ0v) is 17.1. The summed E-state index contributed by atoms with van der Waals surface area (Å²) in [7, 11) is 1.62. The lowest BCUT2D eigenvalue weighted by atomic mass is 9.99. The number of ether oxygens (including phenoxy) is 1. The molecule has 1 N–H and O–H groups in total. The maximum atomic E-state index is 12.4. The Morgan fingerprint density at radius 3 is 2.72 bits per heavy atom. The lowest BCUT2D eigenvalue weighted by Crippen LogP contribution is -2.20. The number of furan rings is 1. The van der Waals surface area contributed by atoms with Crippen LogP contribution in [0.3, 0.4) is 0 Å². The van der Waals surface area contributed by atoms with Crippen molar-refractivity contribution in [2.75, 3.05) is 7.11 Å². The Kier molecular flexibility index (Phi) is 5.49. The van der Waals surface area contributed by atoms with E-state index in [1.807, 2.05) is 54.8 Å². The predicted molar refractivity (Wildman–Crippen MR) is 118 cm³/mol. The first-order chi connectivity index (χ1) is 14.2. The molecule has 0 aliphatic heterocycles. The Labute approximate surface area is 173 Å². The Morgan fingerprint density at radius 2 is 2.00 bits per heavy atom. The minimum absolute atomic E-state index is 0.131. The van der Waals surface area contributed by atoms with Gasteiger partial charge in [0.2, 0.25) is 5.91 Å². The highest BCUT2D eigenvalue weighted by atomic mass is 32.1. The molecule has 2 aromatic carbocycles. The van der Waals surface area contributed by atoms with Crippen LogP contribution in [0, 0.1) is 0 Å². The first-order valence-electron chi connectivity index (χ1n) is 9.29. The highest BCUT2D eigenvalue weighted by Gasteiger charge is 2.14. The number of benzene rings is 2. The van der Waals surface area contributed by atoms with Gasteiger partial charge in [0.1, 0.15) is 11.3 Å². The van der Waals surface area contributed by atoms with Crippen molar-refractivity contribution in [1.29, 1.82) is 0 Å². The van der Waals surface area contributed by atoms with Crippen LogP contribution in [-0.4, -0.2) is 13.0 Å². The van der Waals surface area contributed by atoms with Gasteiger partial charge in [0.25, 0.3) is 0 Å². The summed E-state index contributed by atoms with van der Waals surface area (Å²) in [5.74, 6) is 0.541. The van der Waals surface area contributed by atoms with Gasteiger partial charge in [-0.25, -0.2) is 0 Å². The minimum atomic E-state index is -0.131. The SMILES string of the molecule is COc1cc2occ(-c3ccccc3)c2cc1/C(C)=C/C(=O)NCc1cccs1. The molecule has 0 aliphatic carbocycles. The van der Waals surface area contributed by atoms with Crippen LogP contribution in [0.25, 0.3) is 27.7 Å². The number of hydrogen-bond donors (Lipinski definition) is 1. The van der Waals surface area contributed by atoms with Crippen molar-refractivity contribution in [3.05, 3.63) is 82.8 Å². The average Bonchev–Trinajstić information content (AvgIpc) is 3.41. The summed E-state index contributed by atoms with van der Waals surface area (Å²) in [5.41, 5.74) is 4.54. The number of amides is 1. The zero-order valence-electron chi connectivity index (χ0n) is 16.3. The van der Waals surface area contributed by atoms with Crippen molar-refractivity contribution < 1.29 is 13.9 Å². The monoisotopic (exact) mass is 403 g/mol. The Balaban J connectivity index is 1.67. The van der Waals surface area contributed by atoms with Crippen LogP contribution in [0.4, 0.5) is 0 Å². The van der Waals surface area contributed by atoms with E-state index < -0.39 is 0 Å². The molecule has 4 aromatic rings. The molecule has 4 rings (SSSR count). The molecule has 0 fully saturated rings. The van der Waals surface area contributed by atoms with Gasteiger partial charge in [-0.3, -0.25) is 4.79 Å². The summed E-state index contributed by atoms with van der Waals surface area (Å²) in [4.78, 5) is 13.5. The fraction of sp³-hybridized carbons (Fsp3) is 0.125. The van der Waals surface area contributed by atoms with Crippen LogP contribution in [0.5, 0.6) is 5.75 Å². The van der Waals surface area contributed by atoms with Gasteiger partial charge < -0.3 is 14.5 Å². The third-order valence-electron chi connectivity index (χ3n) is 4.77. The summed E-state index contributed by atoms with van der Waals surface area (Å²) < 4.78 is 11.3. The molecule has 0 saturated carbocycles. The molecule has 0 unspecified atom stereocenters. The number of methoxy groups -OCH3 is 1. The lowest BCUT2D eigenvalue weighted by Gasteiger charge is -2.10. The summed E-state index contributed by atoms with van der Waals surface area (Å²) in [6.07, 6.45) is 3.37. The van der Waals surface area contributed by atoms with Crippen molar-refractivity contribution in [2.24, 2.45) is 0 Å². The summed E-state index contributed by atoms with van der Waals surface area (Å²) >= 11 is 1.62. The summed E-state index contributed by atoms with van der Waals surface area (Å²) in [5, 5.41) is 5.91. The van der Waals surface area contributed by atoms with E-state index in [2.05, 4.69) is 17.4 Å². The molecular weight excluding hydrogens is 382 g/mol. The van der Waals surface area contributed by atoms with Crippen molar-refractivity contribution in [1.82, 2.24) is 5.32 Å². The largest absolute Gasteiger partial charge is 0.496 e. The molecular formula is C24H21NO3S. The number of hydrogen-bond acceptors (Lipinski definition) is 4. The number of allylic oxidation sites excluding steroid dienone is 1. The van der Waals surface area contributed by atoms with E-state index >= 15 is 0 Å². The highest BCUT2D eigenvalue weighted by Crippen LogP contribution is 2.37. The molecule has 4 nitrogen and oxygen atoms in total. The second-order valence-electron chi connectivity index (χ2n) is 6.69. The third kappa shape index (κ3) is 4.10.